The van der Waals surface area contributed by atoms with Gasteiger partial charge in [0.1, 0.15) is 11.2 Å². The van der Waals surface area contributed by atoms with Crippen molar-refractivity contribution in [2.45, 2.75) is 18.9 Å². The normalized spacial score (nSPS) is 16.8. The number of allylic oxidation sites excluding steroid dienone is 2. The van der Waals surface area contributed by atoms with Gasteiger partial charge in [0.05, 0.1) is 6.04 Å². The molecule has 6 heteroatoms. The van der Waals surface area contributed by atoms with Gasteiger partial charge in [0.25, 0.3) is 0 Å². The summed E-state index contributed by atoms with van der Waals surface area (Å²) in [6, 6.07) is 44.5. The molecule has 0 amide bonds. The maximum atomic E-state index is 6.52. The number of para-hydroxylation sites is 2. The van der Waals surface area contributed by atoms with Crippen molar-refractivity contribution in [1.82, 2.24) is 15.0 Å². The molecule has 5 nitrogen and oxygen atoms in total. The lowest BCUT2D eigenvalue weighted by atomic mass is 9.83. The Morgan fingerprint density at radius 1 is 0.750 bits per heavy atom. The summed E-state index contributed by atoms with van der Waals surface area (Å²) in [6.45, 7) is 6.61. The smallest absolute Gasteiger partial charge is 0.164 e. The van der Waals surface area contributed by atoms with Crippen LogP contribution in [-0.2, 0) is 0 Å². The first-order valence-corrected chi connectivity index (χ1v) is 18.3. The Labute approximate surface area is 304 Å². The van der Waals surface area contributed by atoms with E-state index in [-0.39, 0.29) is 12.0 Å². The van der Waals surface area contributed by atoms with Crippen LogP contribution in [0.15, 0.2) is 144 Å². The largest absolute Gasteiger partial charge is 0.456 e. The van der Waals surface area contributed by atoms with Gasteiger partial charge in [-0.25, -0.2) is 15.0 Å². The lowest BCUT2D eigenvalue weighted by Crippen LogP contribution is -2.33. The van der Waals surface area contributed by atoms with Crippen LogP contribution in [0.3, 0.4) is 0 Å². The molecule has 5 aromatic carbocycles. The molecule has 0 radical (unpaired) electrons. The fourth-order valence-corrected chi connectivity index (χ4v) is 8.87. The summed E-state index contributed by atoms with van der Waals surface area (Å²) >= 11 is 1.79. The fraction of sp³-hybridized carbons (Fsp3) is 0.0652. The van der Waals surface area contributed by atoms with Crippen LogP contribution >= 0.6 is 11.3 Å². The molecule has 0 fully saturated rings. The number of hydrogen-bond acceptors (Lipinski definition) is 6. The number of fused-ring (bicyclic) bond motifs is 8. The molecular formula is C46H32N4OS. The SMILES string of the molecule is C=c1c2c(o/c1=C/C=C(\C)c1nc(-c3ccccc3)nc(-c3ccc4c(c3)sc3ccccc34)n1)C=CC1C2c2ccccc2N1c1ccccc1. The van der Waals surface area contributed by atoms with Crippen LogP contribution in [0.4, 0.5) is 11.4 Å². The predicted molar refractivity (Wildman–Crippen MR) is 215 cm³/mol. The third-order valence-corrected chi connectivity index (χ3v) is 11.3. The van der Waals surface area contributed by atoms with Crippen molar-refractivity contribution >= 4 is 67.2 Å². The van der Waals surface area contributed by atoms with Gasteiger partial charge >= 0.3 is 0 Å². The molecule has 4 heterocycles. The van der Waals surface area contributed by atoms with Gasteiger partial charge in [0.2, 0.25) is 0 Å². The minimum absolute atomic E-state index is 0.109. The molecule has 0 spiro atoms. The van der Waals surface area contributed by atoms with Crippen molar-refractivity contribution in [2.24, 2.45) is 0 Å². The summed E-state index contributed by atoms with van der Waals surface area (Å²) in [5, 5.41) is 3.42. The highest BCUT2D eigenvalue weighted by Crippen LogP contribution is 2.50. The second-order valence-electron chi connectivity index (χ2n) is 13.3. The molecule has 0 saturated carbocycles. The second kappa shape index (κ2) is 12.1. The third-order valence-electron chi connectivity index (χ3n) is 10.2. The van der Waals surface area contributed by atoms with E-state index in [1.807, 2.05) is 49.4 Å². The van der Waals surface area contributed by atoms with Crippen LogP contribution in [0, 0.1) is 0 Å². The summed E-state index contributed by atoms with van der Waals surface area (Å²) < 4.78 is 9.00. The Hall–Kier alpha value is -6.37. The zero-order valence-electron chi connectivity index (χ0n) is 28.4. The fourth-order valence-electron chi connectivity index (χ4n) is 7.73. The number of thiophene rings is 1. The predicted octanol–water partition coefficient (Wildman–Crippen LogP) is 10.1. The van der Waals surface area contributed by atoms with Gasteiger partial charge in [0, 0.05) is 59.4 Å². The van der Waals surface area contributed by atoms with Crippen LogP contribution in [0.5, 0.6) is 0 Å². The van der Waals surface area contributed by atoms with E-state index >= 15 is 0 Å². The maximum Gasteiger partial charge on any atom is 0.164 e. The van der Waals surface area contributed by atoms with Crippen LogP contribution < -0.4 is 15.5 Å². The average Bonchev–Trinajstić information content (AvgIpc) is 3.85. The van der Waals surface area contributed by atoms with Crippen LogP contribution in [0.1, 0.15) is 35.6 Å². The number of aromatic nitrogens is 3. The van der Waals surface area contributed by atoms with Gasteiger partial charge in [-0.05, 0) is 60.5 Å². The number of rotatable bonds is 5. The van der Waals surface area contributed by atoms with E-state index < -0.39 is 0 Å². The second-order valence-corrected chi connectivity index (χ2v) is 14.4. The van der Waals surface area contributed by atoms with Gasteiger partial charge in [-0.1, -0.05) is 116 Å². The molecule has 248 valence electrons. The van der Waals surface area contributed by atoms with Gasteiger partial charge in [-0.15, -0.1) is 11.3 Å². The number of hydrogen-bond donors (Lipinski definition) is 0. The molecule has 2 unspecified atom stereocenters. The van der Waals surface area contributed by atoms with Crippen LogP contribution in [-0.4, -0.2) is 21.0 Å². The van der Waals surface area contributed by atoms with Crippen molar-refractivity contribution in [3.63, 3.8) is 0 Å². The topological polar surface area (TPSA) is 55.1 Å². The number of benzene rings is 5. The van der Waals surface area contributed by atoms with E-state index in [0.29, 0.717) is 17.5 Å². The number of nitrogens with zero attached hydrogens (tertiary/aromatic N) is 4. The summed E-state index contributed by atoms with van der Waals surface area (Å²) in [5.41, 5.74) is 8.34. The molecule has 8 aromatic rings. The molecule has 3 aromatic heterocycles. The van der Waals surface area contributed by atoms with Crippen molar-refractivity contribution in [2.75, 3.05) is 4.90 Å². The summed E-state index contributed by atoms with van der Waals surface area (Å²) in [7, 11) is 0. The zero-order valence-corrected chi connectivity index (χ0v) is 29.2. The monoisotopic (exact) mass is 688 g/mol. The molecule has 2 atom stereocenters. The summed E-state index contributed by atoms with van der Waals surface area (Å²) in [4.78, 5) is 17.4. The summed E-state index contributed by atoms with van der Waals surface area (Å²) in [6.07, 6.45) is 8.41. The highest BCUT2D eigenvalue weighted by atomic mass is 32.1. The first-order chi connectivity index (χ1) is 25.6. The van der Waals surface area contributed by atoms with Crippen LogP contribution in [0.25, 0.3) is 67.3 Å². The highest BCUT2D eigenvalue weighted by Gasteiger charge is 2.42. The lowest BCUT2D eigenvalue weighted by molar-refractivity contribution is 0.514. The minimum Gasteiger partial charge on any atom is -0.456 e. The first-order valence-electron chi connectivity index (χ1n) is 17.5. The number of furan rings is 1. The third kappa shape index (κ3) is 4.94. The Balaban J connectivity index is 1.05. The van der Waals surface area contributed by atoms with Gasteiger partial charge in [0.15, 0.2) is 17.5 Å². The minimum atomic E-state index is 0.109. The van der Waals surface area contributed by atoms with Crippen molar-refractivity contribution in [3.8, 4) is 22.8 Å². The van der Waals surface area contributed by atoms with E-state index in [9.17, 15) is 0 Å². The quantitative estimate of drug-likeness (QED) is 0.180. The van der Waals surface area contributed by atoms with E-state index in [0.717, 1.165) is 38.7 Å². The van der Waals surface area contributed by atoms with E-state index in [1.165, 1.54) is 37.1 Å². The summed E-state index contributed by atoms with van der Waals surface area (Å²) in [5.74, 6) is 2.86. The Bertz CT molecular complexity index is 2850. The van der Waals surface area contributed by atoms with Gasteiger partial charge in [-0.3, -0.25) is 0 Å². The molecule has 1 aliphatic carbocycles. The first kappa shape index (κ1) is 30.5. The highest BCUT2D eigenvalue weighted by molar-refractivity contribution is 7.25. The van der Waals surface area contributed by atoms with Crippen molar-refractivity contribution in [3.05, 3.63) is 173 Å². The lowest BCUT2D eigenvalue weighted by Gasteiger charge is -2.30. The van der Waals surface area contributed by atoms with E-state index in [2.05, 4.69) is 121 Å². The van der Waals surface area contributed by atoms with Gasteiger partial charge < -0.3 is 9.32 Å². The molecule has 10 rings (SSSR count). The maximum absolute atomic E-state index is 6.52. The molecule has 2 aliphatic rings. The Kier molecular flexibility index (Phi) is 7.11. The van der Waals surface area contributed by atoms with Gasteiger partial charge in [-0.2, -0.15) is 0 Å². The van der Waals surface area contributed by atoms with Crippen LogP contribution in [0.2, 0.25) is 0 Å². The molecule has 52 heavy (non-hydrogen) atoms. The standard InChI is InChI=1S/C46H32N4OS/c1-28(21-25-38-29(2)42-39(51-38)26-24-37-43(42)35-18-9-11-19-36(35)50(37)32-15-7-4-8-16-32)44-47-45(30-13-5-3-6-14-30)49-46(48-44)31-22-23-34-33-17-10-12-20-40(33)52-41(34)27-31/h3-27,37,43H,2H2,1H3/b28-21+,38-25+. The molecule has 1 aliphatic heterocycles. The Morgan fingerprint density at radius 2 is 1.46 bits per heavy atom. The molecular weight excluding hydrogens is 657 g/mol. The Morgan fingerprint density at radius 3 is 2.31 bits per heavy atom. The van der Waals surface area contributed by atoms with E-state index in [4.69, 9.17) is 19.4 Å². The van der Waals surface area contributed by atoms with E-state index in [1.54, 1.807) is 11.3 Å². The molecule has 0 bridgehead atoms. The average molecular weight is 689 g/mol. The zero-order chi connectivity index (χ0) is 34.8. The molecule has 0 N–H and O–H groups in total. The van der Waals surface area contributed by atoms with Crippen molar-refractivity contribution < 1.29 is 4.42 Å². The van der Waals surface area contributed by atoms with Crippen molar-refractivity contribution in [1.29, 1.82) is 0 Å². The number of anilines is 2. The molecule has 0 saturated heterocycles.